The molecule has 2 aromatic carbocycles. The predicted molar refractivity (Wildman–Crippen MR) is 151 cm³/mol. The summed E-state index contributed by atoms with van der Waals surface area (Å²) in [4.78, 5) is 40.3. The number of nitrogens with zero attached hydrogens (tertiary/aromatic N) is 3. The van der Waals surface area contributed by atoms with Gasteiger partial charge in [-0.25, -0.2) is 13.6 Å². The molecule has 1 fully saturated rings. The van der Waals surface area contributed by atoms with Gasteiger partial charge < -0.3 is 9.64 Å². The summed E-state index contributed by atoms with van der Waals surface area (Å²) >= 11 is 1.34. The van der Waals surface area contributed by atoms with Crippen LogP contribution in [0.4, 0.5) is 8.78 Å². The third kappa shape index (κ3) is 5.83. The number of hydrogen-bond acceptors (Lipinski definition) is 6. The smallest absolute Gasteiger partial charge is 0.331 e. The molecule has 1 aliphatic rings. The fourth-order valence-corrected chi connectivity index (χ4v) is 6.01. The van der Waals surface area contributed by atoms with Crippen LogP contribution < -0.4 is 11.2 Å². The molecule has 0 saturated carbocycles. The number of piperidine rings is 1. The number of thiophene rings is 1. The van der Waals surface area contributed by atoms with Crippen molar-refractivity contribution < 1.29 is 18.3 Å². The topological polar surface area (TPSA) is 73.5 Å². The molecule has 3 heterocycles. The van der Waals surface area contributed by atoms with Gasteiger partial charge in [-0.1, -0.05) is 29.8 Å². The van der Waals surface area contributed by atoms with Crippen LogP contribution in [0, 0.1) is 11.6 Å². The van der Waals surface area contributed by atoms with E-state index in [2.05, 4.69) is 4.90 Å². The van der Waals surface area contributed by atoms with Crippen LogP contribution in [0.2, 0.25) is 0 Å². The van der Waals surface area contributed by atoms with Gasteiger partial charge in [0.05, 0.1) is 24.4 Å². The molecule has 40 heavy (non-hydrogen) atoms. The summed E-state index contributed by atoms with van der Waals surface area (Å²) in [7, 11) is 1.30. The molecule has 2 aromatic heterocycles. The number of aryl methyl sites for hydroxylation is 1. The zero-order chi connectivity index (χ0) is 28.2. The number of carbonyl (C=O) groups is 1. The van der Waals surface area contributed by atoms with Crippen LogP contribution in [-0.4, -0.2) is 46.7 Å². The molecule has 0 bridgehead atoms. The number of halogens is 2. The normalized spacial score (nSPS) is 14.0. The van der Waals surface area contributed by atoms with Gasteiger partial charge >= 0.3 is 11.7 Å². The van der Waals surface area contributed by atoms with Crippen LogP contribution >= 0.6 is 11.3 Å². The summed E-state index contributed by atoms with van der Waals surface area (Å²) < 4.78 is 34.7. The monoisotopic (exact) mass is 565 g/mol. The molecule has 208 valence electrons. The SMILES string of the molecule is COC(=O)CCn1c(=O)n(CCN2CCC(=C(c3ccc(F)cc3)c3ccc(F)cc3)CC2)c(=O)c2cscc21. The van der Waals surface area contributed by atoms with E-state index in [0.29, 0.717) is 30.5 Å². The van der Waals surface area contributed by atoms with E-state index < -0.39 is 11.7 Å². The lowest BCUT2D eigenvalue weighted by Gasteiger charge is -2.30. The van der Waals surface area contributed by atoms with Crippen LogP contribution in [0.5, 0.6) is 0 Å². The molecule has 0 aliphatic carbocycles. The highest BCUT2D eigenvalue weighted by Gasteiger charge is 2.21. The number of rotatable bonds is 8. The molecule has 5 rings (SSSR count). The van der Waals surface area contributed by atoms with Crippen molar-refractivity contribution in [2.75, 3.05) is 26.7 Å². The Labute approximate surface area is 233 Å². The lowest BCUT2D eigenvalue weighted by atomic mass is 9.88. The van der Waals surface area contributed by atoms with Crippen molar-refractivity contribution in [2.45, 2.75) is 32.4 Å². The van der Waals surface area contributed by atoms with Gasteiger partial charge in [0.15, 0.2) is 0 Å². The third-order valence-electron chi connectivity index (χ3n) is 7.36. The van der Waals surface area contributed by atoms with Gasteiger partial charge in [0.1, 0.15) is 11.6 Å². The minimum Gasteiger partial charge on any atom is -0.469 e. The standard InChI is InChI=1S/C30H29F2N3O4S/c1-39-27(36)12-15-34-26-19-40-18-25(26)29(37)35(30(34)38)17-16-33-13-10-22(11-14-33)28(20-2-6-23(31)7-3-20)21-4-8-24(32)9-5-21/h2-9,18-19H,10-17H2,1H3. The molecule has 1 saturated heterocycles. The third-order valence-corrected chi connectivity index (χ3v) is 8.09. The Balaban J connectivity index is 1.35. The van der Waals surface area contributed by atoms with Gasteiger partial charge in [0, 0.05) is 43.5 Å². The van der Waals surface area contributed by atoms with Gasteiger partial charge in [0.25, 0.3) is 5.56 Å². The van der Waals surface area contributed by atoms with Gasteiger partial charge in [0.2, 0.25) is 0 Å². The number of ether oxygens (including phenoxy) is 1. The molecule has 0 amide bonds. The first kappa shape index (κ1) is 27.7. The lowest BCUT2D eigenvalue weighted by Crippen LogP contribution is -2.43. The van der Waals surface area contributed by atoms with E-state index in [1.807, 2.05) is 0 Å². The first-order valence-corrected chi connectivity index (χ1v) is 14.0. The summed E-state index contributed by atoms with van der Waals surface area (Å²) in [5, 5.41) is 3.94. The van der Waals surface area contributed by atoms with Crippen molar-refractivity contribution >= 4 is 33.8 Å². The molecule has 10 heteroatoms. The summed E-state index contributed by atoms with van der Waals surface area (Å²) in [6, 6.07) is 12.7. The summed E-state index contributed by atoms with van der Waals surface area (Å²) in [6.45, 7) is 2.30. The van der Waals surface area contributed by atoms with Crippen molar-refractivity contribution in [3.63, 3.8) is 0 Å². The number of carbonyl (C=O) groups excluding carboxylic acids is 1. The number of methoxy groups -OCH3 is 1. The van der Waals surface area contributed by atoms with E-state index in [1.165, 1.54) is 57.4 Å². The van der Waals surface area contributed by atoms with Gasteiger partial charge in [-0.2, -0.15) is 0 Å². The maximum atomic E-state index is 13.6. The molecule has 4 aromatic rings. The van der Waals surface area contributed by atoms with Crippen molar-refractivity contribution in [3.05, 3.63) is 108 Å². The maximum absolute atomic E-state index is 13.6. The Morgan fingerprint density at radius 1 is 0.850 bits per heavy atom. The molecule has 1 aliphatic heterocycles. The molecule has 0 atom stereocenters. The second-order valence-corrected chi connectivity index (χ2v) is 10.5. The van der Waals surface area contributed by atoms with Crippen molar-refractivity contribution in [3.8, 4) is 0 Å². The van der Waals surface area contributed by atoms with Crippen molar-refractivity contribution in [1.82, 2.24) is 14.0 Å². The Morgan fingerprint density at radius 2 is 1.45 bits per heavy atom. The molecule has 0 N–H and O–H groups in total. The predicted octanol–water partition coefficient (Wildman–Crippen LogP) is 4.66. The van der Waals surface area contributed by atoms with E-state index in [-0.39, 0.29) is 36.7 Å². The lowest BCUT2D eigenvalue weighted by molar-refractivity contribution is -0.140. The largest absolute Gasteiger partial charge is 0.469 e. The highest BCUT2D eigenvalue weighted by atomic mass is 32.1. The highest BCUT2D eigenvalue weighted by Crippen LogP contribution is 2.32. The average Bonchev–Trinajstić information content (AvgIpc) is 3.46. The van der Waals surface area contributed by atoms with E-state index in [0.717, 1.165) is 29.5 Å². The van der Waals surface area contributed by atoms with Gasteiger partial charge in [-0.15, -0.1) is 11.3 Å². The van der Waals surface area contributed by atoms with Crippen LogP contribution in [0.15, 0.2) is 74.5 Å². The van der Waals surface area contributed by atoms with Crippen LogP contribution in [0.25, 0.3) is 16.5 Å². The fraction of sp³-hybridized carbons (Fsp3) is 0.300. The molecule has 0 unspecified atom stereocenters. The molecule has 7 nitrogen and oxygen atoms in total. The zero-order valence-electron chi connectivity index (χ0n) is 22.1. The Hall–Kier alpha value is -3.89. The van der Waals surface area contributed by atoms with Gasteiger partial charge in [-0.3, -0.25) is 18.7 Å². The molecule has 0 radical (unpaired) electrons. The first-order chi connectivity index (χ1) is 19.4. The second-order valence-electron chi connectivity index (χ2n) is 9.72. The zero-order valence-corrected chi connectivity index (χ0v) is 22.9. The second kappa shape index (κ2) is 12.1. The number of benzene rings is 2. The van der Waals surface area contributed by atoms with Crippen LogP contribution in [0.3, 0.4) is 0 Å². The van der Waals surface area contributed by atoms with E-state index in [4.69, 9.17) is 4.74 Å². The number of likely N-dealkylation sites (tertiary alicyclic amines) is 1. The average molecular weight is 566 g/mol. The first-order valence-electron chi connectivity index (χ1n) is 13.1. The number of fused-ring (bicyclic) bond motifs is 1. The summed E-state index contributed by atoms with van der Waals surface area (Å²) in [5.74, 6) is -1.06. The Bertz CT molecular complexity index is 1610. The number of hydrogen-bond donors (Lipinski definition) is 0. The van der Waals surface area contributed by atoms with E-state index in [9.17, 15) is 23.2 Å². The minimum absolute atomic E-state index is 0.0330. The van der Waals surface area contributed by atoms with Crippen LogP contribution in [-0.2, 0) is 22.6 Å². The van der Waals surface area contributed by atoms with Crippen molar-refractivity contribution in [1.29, 1.82) is 0 Å². The van der Waals surface area contributed by atoms with E-state index >= 15 is 0 Å². The quantitative estimate of drug-likeness (QED) is 0.291. The molecule has 0 spiro atoms. The summed E-state index contributed by atoms with van der Waals surface area (Å²) in [6.07, 6.45) is 1.52. The molecular weight excluding hydrogens is 536 g/mol. The Kier molecular flexibility index (Phi) is 8.37. The fourth-order valence-electron chi connectivity index (χ4n) is 5.20. The molecular formula is C30H29F2N3O4S. The summed E-state index contributed by atoms with van der Waals surface area (Å²) in [5.41, 5.74) is 3.68. The van der Waals surface area contributed by atoms with Crippen LogP contribution in [0.1, 0.15) is 30.4 Å². The van der Waals surface area contributed by atoms with Gasteiger partial charge in [-0.05, 0) is 53.8 Å². The number of esters is 1. The number of aromatic nitrogens is 2. The Morgan fingerprint density at radius 3 is 2.02 bits per heavy atom. The van der Waals surface area contributed by atoms with Crippen molar-refractivity contribution in [2.24, 2.45) is 0 Å². The minimum atomic E-state index is -0.438. The van der Waals surface area contributed by atoms with E-state index in [1.54, 1.807) is 35.0 Å². The maximum Gasteiger partial charge on any atom is 0.331 e. The highest BCUT2D eigenvalue weighted by molar-refractivity contribution is 7.09.